The number of hydrogen-bond acceptors (Lipinski definition) is 4. The van der Waals surface area contributed by atoms with Gasteiger partial charge in [-0.25, -0.2) is 9.69 Å². The van der Waals surface area contributed by atoms with Gasteiger partial charge in [0.05, 0.1) is 6.67 Å². The number of urea groups is 1. The summed E-state index contributed by atoms with van der Waals surface area (Å²) in [4.78, 5) is 32.2. The van der Waals surface area contributed by atoms with Crippen molar-refractivity contribution >= 4 is 22.7 Å². The lowest BCUT2D eigenvalue weighted by atomic mass is 9.90. The van der Waals surface area contributed by atoms with Crippen molar-refractivity contribution in [2.24, 2.45) is 0 Å². The molecule has 1 N–H and O–H groups in total. The van der Waals surface area contributed by atoms with E-state index in [-0.39, 0.29) is 11.9 Å². The molecular weight excluding hydrogens is 412 g/mol. The predicted molar refractivity (Wildman–Crippen MR) is 130 cm³/mol. The van der Waals surface area contributed by atoms with Gasteiger partial charge in [-0.1, -0.05) is 66.7 Å². The quantitative estimate of drug-likeness (QED) is 0.595. The van der Waals surface area contributed by atoms with E-state index < -0.39 is 5.54 Å². The molecule has 2 saturated heterocycles. The third-order valence-electron chi connectivity index (χ3n) is 6.97. The van der Waals surface area contributed by atoms with Gasteiger partial charge in [0.25, 0.3) is 5.91 Å². The lowest BCUT2D eigenvalue weighted by molar-refractivity contribution is -0.132. The first kappa shape index (κ1) is 21.6. The monoisotopic (exact) mass is 442 g/mol. The number of rotatable bonds is 6. The maximum Gasteiger partial charge on any atom is 0.326 e. The van der Waals surface area contributed by atoms with Crippen LogP contribution in [0.2, 0.25) is 0 Å². The van der Waals surface area contributed by atoms with Gasteiger partial charge in [-0.2, -0.15) is 0 Å². The van der Waals surface area contributed by atoms with Crippen molar-refractivity contribution in [1.82, 2.24) is 20.0 Å². The predicted octanol–water partition coefficient (Wildman–Crippen LogP) is 3.42. The first-order chi connectivity index (χ1) is 16.0. The Hall–Kier alpha value is -3.22. The highest BCUT2D eigenvalue weighted by Crippen LogP contribution is 2.31. The lowest BCUT2D eigenvalue weighted by Gasteiger charge is -2.36. The summed E-state index contributed by atoms with van der Waals surface area (Å²) >= 11 is 0. The minimum absolute atomic E-state index is 0.186. The molecule has 33 heavy (non-hydrogen) atoms. The summed E-state index contributed by atoms with van der Waals surface area (Å²) in [5.74, 6) is -0.186. The number of carbonyl (C=O) groups is 2. The van der Waals surface area contributed by atoms with Gasteiger partial charge >= 0.3 is 6.03 Å². The Bertz CT molecular complexity index is 1160. The van der Waals surface area contributed by atoms with Crippen molar-refractivity contribution in [3.8, 4) is 0 Å². The molecule has 0 bridgehead atoms. The average molecular weight is 443 g/mol. The first-order valence-corrected chi connectivity index (χ1v) is 11.6. The Morgan fingerprint density at radius 1 is 0.818 bits per heavy atom. The van der Waals surface area contributed by atoms with Crippen LogP contribution in [0, 0.1) is 0 Å². The fraction of sp³-hybridized carbons (Fsp3) is 0.333. The van der Waals surface area contributed by atoms with E-state index in [1.54, 1.807) is 6.92 Å². The van der Waals surface area contributed by atoms with Crippen LogP contribution in [-0.4, -0.2) is 66.0 Å². The Morgan fingerprint density at radius 3 is 2.24 bits per heavy atom. The molecule has 2 fully saturated rings. The van der Waals surface area contributed by atoms with Crippen LogP contribution < -0.4 is 5.32 Å². The number of hydrogen-bond donors (Lipinski definition) is 1. The first-order valence-electron chi connectivity index (χ1n) is 11.6. The number of nitrogens with zero attached hydrogens (tertiary/aromatic N) is 3. The molecular formula is C27H30N4O2. The summed E-state index contributed by atoms with van der Waals surface area (Å²) < 4.78 is 0. The number of carbonyl (C=O) groups excluding carboxylic acids is 2. The van der Waals surface area contributed by atoms with Crippen molar-refractivity contribution in [2.75, 3.05) is 39.4 Å². The Balaban J connectivity index is 1.20. The third kappa shape index (κ3) is 4.36. The number of fused-ring (bicyclic) bond motifs is 1. The SMILES string of the molecule is CC1(c2ccc3ccccc3c2)NC(=O)N(CN2CCN(CCc3ccccc3)CC2)C1=O. The van der Waals surface area contributed by atoms with E-state index in [1.165, 1.54) is 10.5 Å². The van der Waals surface area contributed by atoms with Crippen LogP contribution in [0.15, 0.2) is 72.8 Å². The molecule has 0 aromatic heterocycles. The second-order valence-electron chi connectivity index (χ2n) is 9.19. The van der Waals surface area contributed by atoms with Gasteiger partial charge in [0.2, 0.25) is 0 Å². The Labute approximate surface area is 194 Å². The fourth-order valence-electron chi connectivity index (χ4n) is 4.81. The van der Waals surface area contributed by atoms with Crippen LogP contribution >= 0.6 is 0 Å². The van der Waals surface area contributed by atoms with Crippen molar-refractivity contribution in [3.63, 3.8) is 0 Å². The van der Waals surface area contributed by atoms with Crippen LogP contribution in [0.5, 0.6) is 0 Å². The summed E-state index contributed by atoms with van der Waals surface area (Å²) in [6.45, 7) is 6.74. The summed E-state index contributed by atoms with van der Waals surface area (Å²) in [7, 11) is 0. The minimum Gasteiger partial charge on any atom is -0.319 e. The molecule has 170 valence electrons. The van der Waals surface area contributed by atoms with E-state index >= 15 is 0 Å². The molecule has 6 heteroatoms. The zero-order chi connectivity index (χ0) is 22.8. The molecule has 3 aromatic rings. The molecule has 5 rings (SSSR count). The van der Waals surface area contributed by atoms with Crippen molar-refractivity contribution in [3.05, 3.63) is 83.9 Å². The van der Waals surface area contributed by atoms with Crippen LogP contribution in [0.1, 0.15) is 18.1 Å². The van der Waals surface area contributed by atoms with E-state index in [0.717, 1.165) is 55.5 Å². The normalized spacial score (nSPS) is 22.2. The van der Waals surface area contributed by atoms with Gasteiger partial charge in [0.1, 0.15) is 5.54 Å². The molecule has 2 aliphatic heterocycles. The maximum absolute atomic E-state index is 13.4. The van der Waals surface area contributed by atoms with Gasteiger partial charge in [-0.3, -0.25) is 9.69 Å². The molecule has 1 unspecified atom stereocenters. The topological polar surface area (TPSA) is 55.9 Å². The van der Waals surface area contributed by atoms with Crippen LogP contribution in [0.3, 0.4) is 0 Å². The average Bonchev–Trinajstić information content (AvgIpc) is 3.07. The molecule has 3 amide bonds. The lowest BCUT2D eigenvalue weighted by Crippen LogP contribution is -2.51. The number of imide groups is 1. The third-order valence-corrected chi connectivity index (χ3v) is 6.97. The molecule has 6 nitrogen and oxygen atoms in total. The second-order valence-corrected chi connectivity index (χ2v) is 9.19. The van der Waals surface area contributed by atoms with Gasteiger partial charge in [-0.05, 0) is 41.3 Å². The highest BCUT2D eigenvalue weighted by atomic mass is 16.2. The number of amides is 3. The zero-order valence-electron chi connectivity index (χ0n) is 19.0. The van der Waals surface area contributed by atoms with Gasteiger partial charge in [0, 0.05) is 32.7 Å². The number of benzene rings is 3. The summed E-state index contributed by atoms with van der Waals surface area (Å²) in [5.41, 5.74) is 1.12. The van der Waals surface area contributed by atoms with E-state index in [9.17, 15) is 9.59 Å². The molecule has 0 spiro atoms. The van der Waals surface area contributed by atoms with Crippen LogP contribution in [-0.2, 0) is 16.8 Å². The maximum atomic E-state index is 13.4. The van der Waals surface area contributed by atoms with Crippen LogP contribution in [0.4, 0.5) is 4.79 Å². The molecule has 2 aliphatic rings. The summed E-state index contributed by atoms with van der Waals surface area (Å²) in [6.07, 6.45) is 1.04. The minimum atomic E-state index is -1.04. The van der Waals surface area contributed by atoms with Crippen molar-refractivity contribution < 1.29 is 9.59 Å². The molecule has 1 atom stereocenters. The standard InChI is InChI=1S/C27H30N4O2/c1-27(24-12-11-22-9-5-6-10-23(22)19-24)25(32)31(26(33)28-27)20-30-17-15-29(16-18-30)14-13-21-7-3-2-4-8-21/h2-12,19H,13-18,20H2,1H3,(H,28,33). The van der Waals surface area contributed by atoms with E-state index in [2.05, 4.69) is 39.4 Å². The van der Waals surface area contributed by atoms with Gasteiger partial charge in [0.15, 0.2) is 0 Å². The van der Waals surface area contributed by atoms with Gasteiger partial charge < -0.3 is 10.2 Å². The van der Waals surface area contributed by atoms with Crippen LogP contribution in [0.25, 0.3) is 10.8 Å². The molecule has 2 heterocycles. The summed E-state index contributed by atoms with van der Waals surface area (Å²) in [5, 5.41) is 5.12. The van der Waals surface area contributed by atoms with Crippen molar-refractivity contribution in [2.45, 2.75) is 18.9 Å². The number of piperazine rings is 1. The highest BCUT2D eigenvalue weighted by molar-refractivity contribution is 6.07. The van der Waals surface area contributed by atoms with E-state index in [1.807, 2.05) is 48.5 Å². The largest absolute Gasteiger partial charge is 0.326 e. The zero-order valence-corrected chi connectivity index (χ0v) is 19.0. The molecule has 0 saturated carbocycles. The van der Waals surface area contributed by atoms with E-state index in [4.69, 9.17) is 0 Å². The molecule has 3 aromatic carbocycles. The smallest absolute Gasteiger partial charge is 0.319 e. The highest BCUT2D eigenvalue weighted by Gasteiger charge is 2.49. The van der Waals surface area contributed by atoms with Crippen molar-refractivity contribution in [1.29, 1.82) is 0 Å². The molecule has 0 radical (unpaired) electrons. The Kier molecular flexibility index (Phi) is 5.87. The van der Waals surface area contributed by atoms with E-state index in [0.29, 0.717) is 6.67 Å². The van der Waals surface area contributed by atoms with Gasteiger partial charge in [-0.15, -0.1) is 0 Å². The molecule has 0 aliphatic carbocycles. The summed E-state index contributed by atoms with van der Waals surface area (Å²) in [6, 6.07) is 24.2. The Morgan fingerprint density at radius 2 is 1.48 bits per heavy atom. The second kappa shape index (κ2) is 8.96. The fourth-order valence-corrected chi connectivity index (χ4v) is 4.81. The number of nitrogens with one attached hydrogen (secondary N) is 1.